The van der Waals surface area contributed by atoms with Crippen molar-refractivity contribution in [3.8, 4) is 11.5 Å². The summed E-state index contributed by atoms with van der Waals surface area (Å²) in [5.74, 6) is -1.44. The summed E-state index contributed by atoms with van der Waals surface area (Å²) in [7, 11) is 0. The van der Waals surface area contributed by atoms with Gasteiger partial charge in [0.25, 0.3) is 11.8 Å². The van der Waals surface area contributed by atoms with Crippen molar-refractivity contribution in [1.82, 2.24) is 10.2 Å². The van der Waals surface area contributed by atoms with Crippen LogP contribution in [-0.4, -0.2) is 56.7 Å². The maximum Gasteiger partial charge on any atom is 0.333 e. The van der Waals surface area contributed by atoms with Crippen molar-refractivity contribution in [3.63, 3.8) is 0 Å². The lowest BCUT2D eigenvalue weighted by Crippen LogP contribution is -2.68. The van der Waals surface area contributed by atoms with Crippen LogP contribution in [0.1, 0.15) is 17.3 Å². The molecule has 3 rings (SSSR count). The molecule has 8 nitrogen and oxygen atoms in total. The Morgan fingerprint density at radius 1 is 1.44 bits per heavy atom. The second-order valence-corrected chi connectivity index (χ2v) is 6.58. The van der Waals surface area contributed by atoms with E-state index in [1.165, 1.54) is 41.1 Å². The molecule has 0 bridgehead atoms. The number of carboxylic acids is 1. The van der Waals surface area contributed by atoms with Gasteiger partial charge in [-0.3, -0.25) is 9.59 Å². The van der Waals surface area contributed by atoms with E-state index < -0.39 is 17.9 Å². The zero-order chi connectivity index (χ0) is 18.1. The monoisotopic (exact) mass is 364 g/mol. The van der Waals surface area contributed by atoms with Crippen LogP contribution in [-0.2, 0) is 9.59 Å². The second kappa shape index (κ2) is 6.67. The quantitative estimate of drug-likeness (QED) is 0.661. The van der Waals surface area contributed by atoms with E-state index in [4.69, 9.17) is 9.84 Å². The van der Waals surface area contributed by atoms with Gasteiger partial charge in [0.2, 0.25) is 0 Å². The molecule has 1 aromatic rings. The van der Waals surface area contributed by atoms with Crippen molar-refractivity contribution in [2.75, 3.05) is 12.4 Å². The van der Waals surface area contributed by atoms with Crippen LogP contribution in [0.25, 0.3) is 0 Å². The number of nitrogens with zero attached hydrogens (tertiary/aromatic N) is 1. The zero-order valence-electron chi connectivity index (χ0n) is 13.3. The fraction of sp³-hybridized carbons (Fsp3) is 0.312. The summed E-state index contributed by atoms with van der Waals surface area (Å²) in [6.45, 7) is 2.07. The Morgan fingerprint density at radius 2 is 2.20 bits per heavy atom. The number of β-lactam (4-membered cyclic amide) rings is 1. The van der Waals surface area contributed by atoms with E-state index in [0.29, 0.717) is 6.61 Å². The standard InChI is InChI=1S/C16H16N2O6S/c1-2-24-11-5-9(19)3-4-10(11)13(20)17-12-14(21)18-6-8(16(22)23)7-25-15(12)18/h3-6,12,15,19H,2,7H2,1H3,(H,17,20)(H,22,23)/t12?,15-/m1/s1. The Balaban J connectivity index is 1.73. The minimum Gasteiger partial charge on any atom is -0.508 e. The lowest BCUT2D eigenvalue weighted by atomic mass is 10.1. The fourth-order valence-corrected chi connectivity index (χ4v) is 3.87. The van der Waals surface area contributed by atoms with Crippen LogP contribution in [0.4, 0.5) is 0 Å². The average Bonchev–Trinajstić information content (AvgIpc) is 2.59. The molecule has 0 spiro atoms. The third-order valence-electron chi connectivity index (χ3n) is 3.86. The number of carbonyl (C=O) groups is 3. The molecule has 2 aliphatic heterocycles. The van der Waals surface area contributed by atoms with Gasteiger partial charge in [-0.15, -0.1) is 11.8 Å². The minimum atomic E-state index is -1.06. The number of carbonyl (C=O) groups excluding carboxylic acids is 2. The van der Waals surface area contributed by atoms with E-state index in [0.717, 1.165) is 0 Å². The molecule has 0 aliphatic carbocycles. The largest absolute Gasteiger partial charge is 0.508 e. The number of rotatable bonds is 5. The van der Waals surface area contributed by atoms with Gasteiger partial charge in [-0.1, -0.05) is 0 Å². The molecule has 0 aromatic heterocycles. The molecule has 3 N–H and O–H groups in total. The number of thioether (sulfide) groups is 1. The number of amides is 2. The van der Waals surface area contributed by atoms with Crippen LogP contribution in [0, 0.1) is 0 Å². The van der Waals surface area contributed by atoms with Crippen molar-refractivity contribution in [2.45, 2.75) is 18.3 Å². The number of phenolic OH excluding ortho intramolecular Hbond substituents is 1. The van der Waals surface area contributed by atoms with Gasteiger partial charge in [0.05, 0.1) is 17.7 Å². The summed E-state index contributed by atoms with van der Waals surface area (Å²) in [5, 5.41) is 20.8. The molecule has 2 heterocycles. The zero-order valence-corrected chi connectivity index (χ0v) is 14.1. The van der Waals surface area contributed by atoms with Crippen molar-refractivity contribution >= 4 is 29.5 Å². The normalized spacial score (nSPS) is 21.7. The second-order valence-electron chi connectivity index (χ2n) is 5.47. The van der Waals surface area contributed by atoms with Gasteiger partial charge >= 0.3 is 5.97 Å². The number of benzene rings is 1. The molecular formula is C16H16N2O6S. The smallest absolute Gasteiger partial charge is 0.333 e. The summed E-state index contributed by atoms with van der Waals surface area (Å²) < 4.78 is 5.35. The summed E-state index contributed by atoms with van der Waals surface area (Å²) in [6.07, 6.45) is 1.32. The summed E-state index contributed by atoms with van der Waals surface area (Å²) in [6, 6.07) is 3.40. The molecule has 0 saturated carbocycles. The van der Waals surface area contributed by atoms with Crippen LogP contribution in [0.5, 0.6) is 11.5 Å². The van der Waals surface area contributed by atoms with Crippen LogP contribution in [0.3, 0.4) is 0 Å². The summed E-state index contributed by atoms with van der Waals surface area (Å²) in [4.78, 5) is 37.0. The van der Waals surface area contributed by atoms with Crippen molar-refractivity contribution in [1.29, 1.82) is 0 Å². The number of hydrogen-bond acceptors (Lipinski definition) is 6. The number of nitrogens with one attached hydrogen (secondary N) is 1. The topological polar surface area (TPSA) is 116 Å². The molecule has 1 fully saturated rings. The SMILES string of the molecule is CCOc1cc(O)ccc1C(=O)NC1C(=O)N2C=C(C(=O)O)CS[C@H]12. The van der Waals surface area contributed by atoms with Gasteiger partial charge in [-0.25, -0.2) is 4.79 Å². The highest BCUT2D eigenvalue weighted by molar-refractivity contribution is 8.00. The molecule has 1 unspecified atom stereocenters. The van der Waals surface area contributed by atoms with E-state index in [-0.39, 0.29) is 39.7 Å². The van der Waals surface area contributed by atoms with E-state index >= 15 is 0 Å². The maximum absolute atomic E-state index is 12.5. The van der Waals surface area contributed by atoms with Gasteiger partial charge in [-0.05, 0) is 19.1 Å². The molecule has 2 amide bonds. The molecule has 2 atom stereocenters. The molecule has 0 radical (unpaired) electrons. The van der Waals surface area contributed by atoms with E-state index in [1.54, 1.807) is 6.92 Å². The van der Waals surface area contributed by atoms with Gasteiger partial charge in [0, 0.05) is 18.0 Å². The first-order valence-corrected chi connectivity index (χ1v) is 8.61. The van der Waals surface area contributed by atoms with Crippen molar-refractivity contribution in [3.05, 3.63) is 35.5 Å². The van der Waals surface area contributed by atoms with Crippen molar-refractivity contribution in [2.24, 2.45) is 0 Å². The number of hydrogen-bond donors (Lipinski definition) is 3. The fourth-order valence-electron chi connectivity index (χ4n) is 2.62. The lowest BCUT2D eigenvalue weighted by Gasteiger charge is -2.47. The van der Waals surface area contributed by atoms with E-state index in [1.807, 2.05) is 0 Å². The molecule has 1 aromatic carbocycles. The lowest BCUT2D eigenvalue weighted by molar-refractivity contribution is -0.141. The maximum atomic E-state index is 12.5. The van der Waals surface area contributed by atoms with Gasteiger partial charge < -0.3 is 25.2 Å². The highest BCUT2D eigenvalue weighted by Crippen LogP contribution is 2.36. The number of carboxylic acid groups (broad SMARTS) is 1. The Bertz CT molecular complexity index is 778. The predicted octanol–water partition coefficient (Wildman–Crippen LogP) is 0.773. The van der Waals surface area contributed by atoms with Crippen molar-refractivity contribution < 1.29 is 29.3 Å². The van der Waals surface area contributed by atoms with Gasteiger partial charge in [0.1, 0.15) is 22.9 Å². The minimum absolute atomic E-state index is 0.0277. The third-order valence-corrected chi connectivity index (χ3v) is 5.17. The number of fused-ring (bicyclic) bond motifs is 1. The van der Waals surface area contributed by atoms with Crippen LogP contribution in [0.2, 0.25) is 0 Å². The molecule has 9 heteroatoms. The first-order chi connectivity index (χ1) is 11.9. The molecule has 2 aliphatic rings. The molecule has 132 valence electrons. The Morgan fingerprint density at radius 3 is 2.88 bits per heavy atom. The van der Waals surface area contributed by atoms with Gasteiger partial charge in [-0.2, -0.15) is 0 Å². The summed E-state index contributed by atoms with van der Waals surface area (Å²) in [5.41, 5.74) is 0.366. The van der Waals surface area contributed by atoms with E-state index in [9.17, 15) is 19.5 Å². The number of phenols is 1. The highest BCUT2D eigenvalue weighted by atomic mass is 32.2. The highest BCUT2D eigenvalue weighted by Gasteiger charge is 2.50. The molecule has 25 heavy (non-hydrogen) atoms. The predicted molar refractivity (Wildman–Crippen MR) is 89.3 cm³/mol. The Kier molecular flexibility index (Phi) is 4.58. The summed E-state index contributed by atoms with van der Waals surface area (Å²) >= 11 is 1.29. The molecular weight excluding hydrogens is 348 g/mol. The first kappa shape index (κ1) is 17.2. The van der Waals surface area contributed by atoms with E-state index in [2.05, 4.69) is 5.32 Å². The Labute approximate surface area is 147 Å². The average molecular weight is 364 g/mol. The first-order valence-electron chi connectivity index (χ1n) is 7.56. The Hall–Kier alpha value is -2.68. The number of ether oxygens (including phenoxy) is 1. The number of aromatic hydroxyl groups is 1. The van der Waals surface area contributed by atoms with Gasteiger partial charge in [0.15, 0.2) is 0 Å². The van der Waals surface area contributed by atoms with Crippen LogP contribution >= 0.6 is 11.8 Å². The van der Waals surface area contributed by atoms with Crippen LogP contribution in [0.15, 0.2) is 30.0 Å². The molecule has 1 saturated heterocycles. The number of aliphatic carboxylic acids is 1. The third kappa shape index (κ3) is 3.14. The van der Waals surface area contributed by atoms with Crippen LogP contribution < -0.4 is 10.1 Å².